The van der Waals surface area contributed by atoms with Gasteiger partial charge < -0.3 is 10.1 Å². The number of likely N-dealkylation sites (tertiary alicyclic amines) is 1. The maximum Gasteiger partial charge on any atom is 0.224 e. The Balaban J connectivity index is 1.34. The molecule has 4 nitrogen and oxygen atoms in total. The van der Waals surface area contributed by atoms with Crippen LogP contribution >= 0.6 is 0 Å². The zero-order chi connectivity index (χ0) is 20.5. The lowest BCUT2D eigenvalue weighted by Gasteiger charge is -2.30. The Hall–Kier alpha value is -2.33. The molecule has 0 unspecified atom stereocenters. The second-order valence-corrected chi connectivity index (χ2v) is 8.15. The lowest BCUT2D eigenvalue weighted by Crippen LogP contribution is -2.32. The summed E-state index contributed by atoms with van der Waals surface area (Å²) in [4.78, 5) is 14.7. The molecule has 0 aliphatic carbocycles. The van der Waals surface area contributed by atoms with Gasteiger partial charge in [0.05, 0.1) is 6.61 Å². The van der Waals surface area contributed by atoms with Crippen LogP contribution in [0.5, 0.6) is 5.75 Å². The number of ether oxygens (including phenoxy) is 1. The summed E-state index contributed by atoms with van der Waals surface area (Å²) in [6.45, 7) is 8.39. The zero-order valence-electron chi connectivity index (χ0n) is 17.8. The lowest BCUT2D eigenvalue weighted by molar-refractivity contribution is -0.116. The molecule has 0 saturated carbocycles. The van der Waals surface area contributed by atoms with E-state index >= 15 is 0 Å². The maximum atomic E-state index is 12.2. The maximum absolute atomic E-state index is 12.2. The van der Waals surface area contributed by atoms with Crippen LogP contribution in [0.2, 0.25) is 0 Å². The second kappa shape index (κ2) is 11.0. The first-order valence-electron chi connectivity index (χ1n) is 10.9. The molecular weight excluding hydrogens is 360 g/mol. The first-order valence-corrected chi connectivity index (χ1v) is 10.9. The van der Waals surface area contributed by atoms with Crippen molar-refractivity contribution < 1.29 is 9.53 Å². The van der Waals surface area contributed by atoms with E-state index in [1.54, 1.807) is 0 Å². The van der Waals surface area contributed by atoms with Crippen LogP contribution in [0.4, 0.5) is 5.69 Å². The average Bonchev–Trinajstić information content (AvgIpc) is 2.75. The minimum Gasteiger partial charge on any atom is -0.494 e. The molecule has 0 atom stereocenters. The minimum absolute atomic E-state index is 0.0349. The van der Waals surface area contributed by atoms with Gasteiger partial charge in [0.15, 0.2) is 0 Å². The topological polar surface area (TPSA) is 41.6 Å². The molecule has 3 rings (SSSR count). The third-order valence-corrected chi connectivity index (χ3v) is 5.67. The number of anilines is 1. The Morgan fingerprint density at radius 2 is 1.69 bits per heavy atom. The number of nitrogens with one attached hydrogen (secondary N) is 1. The standard InChI is InChI=1S/C25H34N2O2/c1-3-21-8-12-24(13-9-21)29-18-4-5-25(28)26-23-10-6-22(7-11-23)19-27-16-14-20(2)15-17-27/h6-13,20H,3-5,14-19H2,1-2H3,(H,26,28). The number of carbonyl (C=O) groups excluding carboxylic acids is 1. The van der Waals surface area contributed by atoms with Crippen LogP contribution in [0.3, 0.4) is 0 Å². The highest BCUT2D eigenvalue weighted by Gasteiger charge is 2.15. The SMILES string of the molecule is CCc1ccc(OCCCC(=O)Nc2ccc(CN3CCC(C)CC3)cc2)cc1. The fourth-order valence-electron chi connectivity index (χ4n) is 3.64. The van der Waals surface area contributed by atoms with Crippen molar-refractivity contribution in [3.05, 3.63) is 59.7 Å². The molecule has 1 aliphatic rings. The van der Waals surface area contributed by atoms with E-state index in [1.807, 2.05) is 24.3 Å². The van der Waals surface area contributed by atoms with Gasteiger partial charge in [0.1, 0.15) is 5.75 Å². The Morgan fingerprint density at radius 1 is 1.03 bits per heavy atom. The van der Waals surface area contributed by atoms with Crippen molar-refractivity contribution in [1.82, 2.24) is 4.90 Å². The Morgan fingerprint density at radius 3 is 2.34 bits per heavy atom. The minimum atomic E-state index is 0.0349. The predicted octanol–water partition coefficient (Wildman–Crippen LogP) is 5.28. The van der Waals surface area contributed by atoms with Crippen LogP contribution in [0.15, 0.2) is 48.5 Å². The largest absolute Gasteiger partial charge is 0.494 e. The number of rotatable bonds is 9. The van der Waals surface area contributed by atoms with Gasteiger partial charge in [0, 0.05) is 18.7 Å². The van der Waals surface area contributed by atoms with Crippen molar-refractivity contribution in [2.24, 2.45) is 5.92 Å². The van der Waals surface area contributed by atoms with Crippen molar-refractivity contribution in [2.75, 3.05) is 25.0 Å². The van der Waals surface area contributed by atoms with Crippen molar-refractivity contribution in [3.63, 3.8) is 0 Å². The molecule has 29 heavy (non-hydrogen) atoms. The number of aryl methyl sites for hydroxylation is 1. The predicted molar refractivity (Wildman–Crippen MR) is 119 cm³/mol. The van der Waals surface area contributed by atoms with Crippen LogP contribution in [0.1, 0.15) is 50.7 Å². The summed E-state index contributed by atoms with van der Waals surface area (Å²) in [6, 6.07) is 16.4. The summed E-state index contributed by atoms with van der Waals surface area (Å²) in [5.74, 6) is 1.75. The van der Waals surface area contributed by atoms with Gasteiger partial charge in [0.2, 0.25) is 5.91 Å². The molecule has 1 heterocycles. The summed E-state index contributed by atoms with van der Waals surface area (Å²) < 4.78 is 5.72. The summed E-state index contributed by atoms with van der Waals surface area (Å²) in [5.41, 5.74) is 3.47. The number of piperidine rings is 1. The zero-order valence-corrected chi connectivity index (χ0v) is 17.8. The summed E-state index contributed by atoms with van der Waals surface area (Å²) >= 11 is 0. The van der Waals surface area contributed by atoms with Crippen molar-refractivity contribution >= 4 is 11.6 Å². The van der Waals surface area contributed by atoms with Crippen LogP contribution < -0.4 is 10.1 Å². The second-order valence-electron chi connectivity index (χ2n) is 8.15. The van der Waals surface area contributed by atoms with Gasteiger partial charge in [-0.2, -0.15) is 0 Å². The third kappa shape index (κ3) is 7.21. The number of hydrogen-bond acceptors (Lipinski definition) is 3. The number of carbonyl (C=O) groups is 1. The van der Waals surface area contributed by atoms with Crippen LogP contribution in [0.25, 0.3) is 0 Å². The first kappa shape index (κ1) is 21.4. The molecule has 1 fully saturated rings. The molecule has 0 spiro atoms. The van der Waals surface area contributed by atoms with Gasteiger partial charge in [-0.1, -0.05) is 38.1 Å². The van der Waals surface area contributed by atoms with E-state index in [1.165, 1.54) is 37.1 Å². The fourth-order valence-corrected chi connectivity index (χ4v) is 3.64. The third-order valence-electron chi connectivity index (χ3n) is 5.67. The molecule has 4 heteroatoms. The molecule has 2 aromatic carbocycles. The molecule has 0 bridgehead atoms. The van der Waals surface area contributed by atoms with Crippen molar-refractivity contribution in [2.45, 2.75) is 52.5 Å². The average molecular weight is 395 g/mol. The highest BCUT2D eigenvalue weighted by atomic mass is 16.5. The highest BCUT2D eigenvalue weighted by molar-refractivity contribution is 5.90. The Bertz CT molecular complexity index is 747. The molecule has 2 aromatic rings. The van der Waals surface area contributed by atoms with Gasteiger partial charge in [-0.3, -0.25) is 9.69 Å². The van der Waals surface area contributed by atoms with E-state index in [9.17, 15) is 4.79 Å². The van der Waals surface area contributed by atoms with Gasteiger partial charge in [-0.25, -0.2) is 0 Å². The Kier molecular flexibility index (Phi) is 8.12. The molecule has 1 N–H and O–H groups in total. The van der Waals surface area contributed by atoms with E-state index in [0.717, 1.165) is 30.3 Å². The highest BCUT2D eigenvalue weighted by Crippen LogP contribution is 2.19. The van der Waals surface area contributed by atoms with Gasteiger partial charge >= 0.3 is 0 Å². The van der Waals surface area contributed by atoms with Crippen LogP contribution in [0, 0.1) is 5.92 Å². The van der Waals surface area contributed by atoms with Crippen molar-refractivity contribution in [1.29, 1.82) is 0 Å². The normalized spacial score (nSPS) is 15.2. The van der Waals surface area contributed by atoms with E-state index in [2.05, 4.69) is 48.3 Å². The molecule has 1 saturated heterocycles. The Labute approximate surface area is 175 Å². The monoisotopic (exact) mass is 394 g/mol. The summed E-state index contributed by atoms with van der Waals surface area (Å²) in [6.07, 6.45) is 4.77. The lowest BCUT2D eigenvalue weighted by atomic mass is 9.99. The van der Waals surface area contributed by atoms with E-state index in [-0.39, 0.29) is 5.91 Å². The molecule has 1 amide bonds. The molecule has 1 aliphatic heterocycles. The van der Waals surface area contributed by atoms with Crippen LogP contribution in [-0.2, 0) is 17.8 Å². The summed E-state index contributed by atoms with van der Waals surface area (Å²) in [5, 5.41) is 2.98. The van der Waals surface area contributed by atoms with E-state index in [4.69, 9.17) is 4.74 Å². The van der Waals surface area contributed by atoms with E-state index in [0.29, 0.717) is 19.4 Å². The fraction of sp³-hybridized carbons (Fsp3) is 0.480. The number of nitrogens with zero attached hydrogens (tertiary/aromatic N) is 1. The molecular formula is C25H34N2O2. The van der Waals surface area contributed by atoms with Crippen molar-refractivity contribution in [3.8, 4) is 5.75 Å². The number of amides is 1. The van der Waals surface area contributed by atoms with Gasteiger partial charge in [0.25, 0.3) is 0 Å². The molecule has 0 radical (unpaired) electrons. The van der Waals surface area contributed by atoms with Gasteiger partial charge in [-0.05, 0) is 80.1 Å². The smallest absolute Gasteiger partial charge is 0.224 e. The number of benzene rings is 2. The van der Waals surface area contributed by atoms with Crippen LogP contribution in [-0.4, -0.2) is 30.5 Å². The first-order chi connectivity index (χ1) is 14.1. The quantitative estimate of drug-likeness (QED) is 0.589. The molecule has 0 aromatic heterocycles. The molecule has 156 valence electrons. The summed E-state index contributed by atoms with van der Waals surface area (Å²) in [7, 11) is 0. The van der Waals surface area contributed by atoms with Gasteiger partial charge in [-0.15, -0.1) is 0 Å². The van der Waals surface area contributed by atoms with E-state index < -0.39 is 0 Å². The number of hydrogen-bond donors (Lipinski definition) is 1.